The first-order valence-electron chi connectivity index (χ1n) is 7.14. The number of thiophene rings is 1. The Morgan fingerprint density at radius 3 is 2.88 bits per heavy atom. The minimum atomic E-state index is 0.836. The van der Waals surface area contributed by atoms with Crippen LogP contribution in [-0.2, 0) is 6.42 Å². The van der Waals surface area contributed by atoms with E-state index < -0.39 is 0 Å². The average molecular weight is 249 g/mol. The molecule has 0 N–H and O–H groups in total. The van der Waals surface area contributed by atoms with E-state index in [-0.39, 0.29) is 0 Å². The van der Waals surface area contributed by atoms with Crippen molar-refractivity contribution in [3.63, 3.8) is 0 Å². The van der Waals surface area contributed by atoms with Crippen molar-refractivity contribution in [3.8, 4) is 0 Å². The van der Waals surface area contributed by atoms with Gasteiger partial charge in [0, 0.05) is 11.4 Å². The third kappa shape index (κ3) is 2.43. The molecule has 0 spiro atoms. The molecule has 1 aromatic heterocycles. The van der Waals surface area contributed by atoms with Gasteiger partial charge in [-0.3, -0.25) is 0 Å². The molecular weight excluding hydrogens is 226 g/mol. The molecule has 1 unspecified atom stereocenters. The Labute approximate surface area is 109 Å². The summed E-state index contributed by atoms with van der Waals surface area (Å²) < 4.78 is 0. The lowest BCUT2D eigenvalue weighted by Gasteiger charge is -2.32. The van der Waals surface area contributed by atoms with Crippen LogP contribution in [0.3, 0.4) is 0 Å². The van der Waals surface area contributed by atoms with Gasteiger partial charge in [0.25, 0.3) is 0 Å². The second kappa shape index (κ2) is 5.11. The van der Waals surface area contributed by atoms with Crippen molar-refractivity contribution in [1.29, 1.82) is 0 Å². The Balaban J connectivity index is 1.73. The Morgan fingerprint density at radius 1 is 1.24 bits per heavy atom. The highest BCUT2D eigenvalue weighted by molar-refractivity contribution is 7.10. The number of hydrogen-bond acceptors (Lipinski definition) is 2. The molecule has 0 radical (unpaired) electrons. The van der Waals surface area contributed by atoms with E-state index in [1.54, 1.807) is 16.0 Å². The van der Waals surface area contributed by atoms with Crippen LogP contribution in [0, 0.1) is 6.92 Å². The van der Waals surface area contributed by atoms with Crippen LogP contribution in [0.15, 0.2) is 5.38 Å². The molecule has 1 aliphatic carbocycles. The topological polar surface area (TPSA) is 3.24 Å². The molecule has 1 nitrogen and oxygen atoms in total. The lowest BCUT2D eigenvalue weighted by Crippen LogP contribution is -2.34. The standard InChI is InChI=1S/C15H23NS/c1-12-11-17-14-7-5-6-13(15(12)14)10-16-8-3-2-4-9-16/h11,13H,2-10H2,1H3. The molecule has 2 aliphatic rings. The predicted molar refractivity (Wildman–Crippen MR) is 75.0 cm³/mol. The fourth-order valence-electron chi connectivity index (χ4n) is 3.54. The molecule has 0 bridgehead atoms. The van der Waals surface area contributed by atoms with Gasteiger partial charge in [0.1, 0.15) is 0 Å². The van der Waals surface area contributed by atoms with E-state index in [0.29, 0.717) is 0 Å². The van der Waals surface area contributed by atoms with E-state index in [1.807, 2.05) is 11.3 Å². The zero-order valence-electron chi connectivity index (χ0n) is 10.9. The smallest absolute Gasteiger partial charge is 0.00832 e. The second-order valence-electron chi connectivity index (χ2n) is 5.71. The molecule has 1 atom stereocenters. The molecule has 2 heterocycles. The third-order valence-corrected chi connectivity index (χ3v) is 5.58. The van der Waals surface area contributed by atoms with Crippen molar-refractivity contribution in [2.75, 3.05) is 19.6 Å². The van der Waals surface area contributed by atoms with Gasteiger partial charge in [-0.15, -0.1) is 11.3 Å². The maximum atomic E-state index is 2.71. The van der Waals surface area contributed by atoms with E-state index >= 15 is 0 Å². The van der Waals surface area contributed by atoms with Crippen LogP contribution < -0.4 is 0 Å². The Kier molecular flexibility index (Phi) is 3.53. The van der Waals surface area contributed by atoms with Crippen molar-refractivity contribution in [2.24, 2.45) is 0 Å². The van der Waals surface area contributed by atoms with E-state index in [0.717, 1.165) is 5.92 Å². The molecule has 1 aliphatic heterocycles. The zero-order valence-corrected chi connectivity index (χ0v) is 11.7. The van der Waals surface area contributed by atoms with Crippen molar-refractivity contribution in [3.05, 3.63) is 21.4 Å². The van der Waals surface area contributed by atoms with Gasteiger partial charge in [0.15, 0.2) is 0 Å². The fourth-order valence-corrected chi connectivity index (χ4v) is 4.70. The number of fused-ring (bicyclic) bond motifs is 1. The van der Waals surface area contributed by atoms with Gasteiger partial charge in [-0.05, 0) is 74.5 Å². The summed E-state index contributed by atoms with van der Waals surface area (Å²) in [5, 5.41) is 2.37. The van der Waals surface area contributed by atoms with Crippen molar-refractivity contribution < 1.29 is 0 Å². The van der Waals surface area contributed by atoms with E-state index in [4.69, 9.17) is 0 Å². The highest BCUT2D eigenvalue weighted by Gasteiger charge is 2.25. The van der Waals surface area contributed by atoms with Crippen LogP contribution in [-0.4, -0.2) is 24.5 Å². The molecule has 0 saturated carbocycles. The Hall–Kier alpha value is -0.340. The summed E-state index contributed by atoms with van der Waals surface area (Å²) in [4.78, 5) is 4.40. The van der Waals surface area contributed by atoms with E-state index in [2.05, 4.69) is 17.2 Å². The van der Waals surface area contributed by atoms with Gasteiger partial charge in [0.05, 0.1) is 0 Å². The van der Waals surface area contributed by atoms with Gasteiger partial charge in [-0.1, -0.05) is 6.42 Å². The van der Waals surface area contributed by atoms with Crippen LogP contribution in [0.25, 0.3) is 0 Å². The molecular formula is C15H23NS. The van der Waals surface area contributed by atoms with Crippen LogP contribution in [0.4, 0.5) is 0 Å². The summed E-state index contributed by atoms with van der Waals surface area (Å²) in [6.45, 7) is 6.32. The number of aryl methyl sites for hydroxylation is 2. The van der Waals surface area contributed by atoms with Gasteiger partial charge < -0.3 is 4.90 Å². The summed E-state index contributed by atoms with van der Waals surface area (Å²) in [5.74, 6) is 0.836. The minimum Gasteiger partial charge on any atom is -0.303 e. The first-order valence-corrected chi connectivity index (χ1v) is 8.02. The second-order valence-corrected chi connectivity index (χ2v) is 6.67. The van der Waals surface area contributed by atoms with E-state index in [9.17, 15) is 0 Å². The molecule has 17 heavy (non-hydrogen) atoms. The fraction of sp³-hybridized carbons (Fsp3) is 0.733. The van der Waals surface area contributed by atoms with Gasteiger partial charge >= 0.3 is 0 Å². The molecule has 0 aromatic carbocycles. The van der Waals surface area contributed by atoms with Crippen LogP contribution in [0.5, 0.6) is 0 Å². The lowest BCUT2D eigenvalue weighted by molar-refractivity contribution is 0.209. The normalized spacial score (nSPS) is 25.8. The maximum absolute atomic E-state index is 2.71. The molecule has 0 amide bonds. The largest absolute Gasteiger partial charge is 0.303 e. The summed E-state index contributed by atoms with van der Waals surface area (Å²) in [6, 6.07) is 0. The first kappa shape index (κ1) is 11.7. The summed E-state index contributed by atoms with van der Waals surface area (Å²) >= 11 is 2.00. The number of piperidine rings is 1. The van der Waals surface area contributed by atoms with Crippen LogP contribution in [0.2, 0.25) is 0 Å². The predicted octanol–water partition coefficient (Wildman–Crippen LogP) is 3.96. The number of rotatable bonds is 2. The lowest BCUT2D eigenvalue weighted by atomic mass is 9.85. The monoisotopic (exact) mass is 249 g/mol. The molecule has 1 aromatic rings. The van der Waals surface area contributed by atoms with Gasteiger partial charge in [-0.2, -0.15) is 0 Å². The summed E-state index contributed by atoms with van der Waals surface area (Å²) in [6.07, 6.45) is 8.45. The highest BCUT2D eigenvalue weighted by Crippen LogP contribution is 2.38. The molecule has 3 rings (SSSR count). The highest BCUT2D eigenvalue weighted by atomic mass is 32.1. The summed E-state index contributed by atoms with van der Waals surface area (Å²) in [7, 11) is 0. The van der Waals surface area contributed by atoms with Gasteiger partial charge in [-0.25, -0.2) is 0 Å². The maximum Gasteiger partial charge on any atom is 0.00832 e. The molecule has 1 fully saturated rings. The number of likely N-dealkylation sites (tertiary alicyclic amines) is 1. The molecule has 1 saturated heterocycles. The summed E-state index contributed by atoms with van der Waals surface area (Å²) in [5.41, 5.74) is 3.29. The number of nitrogens with zero attached hydrogens (tertiary/aromatic N) is 1. The average Bonchev–Trinajstić information content (AvgIpc) is 2.74. The van der Waals surface area contributed by atoms with Crippen molar-refractivity contribution >= 4 is 11.3 Å². The Bertz CT molecular complexity index is 376. The zero-order chi connectivity index (χ0) is 11.7. The van der Waals surface area contributed by atoms with Crippen LogP contribution in [0.1, 0.15) is 54.0 Å². The van der Waals surface area contributed by atoms with Crippen molar-refractivity contribution in [1.82, 2.24) is 4.90 Å². The van der Waals surface area contributed by atoms with Crippen LogP contribution >= 0.6 is 11.3 Å². The minimum absolute atomic E-state index is 0.836. The number of hydrogen-bond donors (Lipinski definition) is 0. The third-order valence-electron chi connectivity index (χ3n) is 4.40. The molecule has 2 heteroatoms. The first-order chi connectivity index (χ1) is 8.34. The van der Waals surface area contributed by atoms with Crippen molar-refractivity contribution in [2.45, 2.75) is 51.4 Å². The van der Waals surface area contributed by atoms with E-state index in [1.165, 1.54) is 58.2 Å². The SMILES string of the molecule is Cc1csc2c1C(CN1CCCCC1)CCC2. The van der Waals surface area contributed by atoms with Gasteiger partial charge in [0.2, 0.25) is 0 Å². The quantitative estimate of drug-likeness (QED) is 0.767. The molecule has 94 valence electrons. The Morgan fingerprint density at radius 2 is 2.06 bits per heavy atom.